The lowest BCUT2D eigenvalue weighted by atomic mass is 9.62. The summed E-state index contributed by atoms with van der Waals surface area (Å²) >= 11 is 0. The Bertz CT molecular complexity index is 1250. The van der Waals surface area contributed by atoms with Crippen LogP contribution in [0.1, 0.15) is 100 Å². The summed E-state index contributed by atoms with van der Waals surface area (Å²) in [6, 6.07) is 15.8. The number of carbonyl (C=O) groups excluding carboxylic acids is 2. The molecule has 0 unspecified atom stereocenters. The van der Waals surface area contributed by atoms with E-state index in [1.165, 1.54) is 11.1 Å². The highest BCUT2D eigenvalue weighted by atomic mass is 16.5. The van der Waals surface area contributed by atoms with E-state index in [1.54, 1.807) is 19.1 Å². The molecule has 0 bridgehead atoms. The number of rotatable bonds is 5. The number of ether oxygens (including phenoxy) is 2. The zero-order valence-electron chi connectivity index (χ0n) is 23.1. The summed E-state index contributed by atoms with van der Waals surface area (Å²) in [6.07, 6.45) is 2.23. The van der Waals surface area contributed by atoms with Crippen LogP contribution in [-0.4, -0.2) is 25.2 Å². The van der Waals surface area contributed by atoms with Gasteiger partial charge in [0, 0.05) is 0 Å². The van der Waals surface area contributed by atoms with E-state index in [4.69, 9.17) is 9.47 Å². The monoisotopic (exact) mass is 488 g/mol. The number of carbonyl (C=O) groups is 2. The molecular weight excluding hydrogens is 448 g/mol. The van der Waals surface area contributed by atoms with E-state index in [0.717, 1.165) is 34.7 Å². The number of fused-ring (bicyclic) bond motifs is 2. The summed E-state index contributed by atoms with van der Waals surface area (Å²) in [5, 5.41) is 1.95. The van der Waals surface area contributed by atoms with E-state index in [9.17, 15) is 9.59 Å². The lowest BCUT2D eigenvalue weighted by Crippen LogP contribution is -2.33. The van der Waals surface area contributed by atoms with Gasteiger partial charge < -0.3 is 9.47 Å². The fraction of sp³-hybridized carbons (Fsp3) is 0.438. The quantitative estimate of drug-likeness (QED) is 0.339. The Kier molecular flexibility index (Phi) is 8.28. The lowest BCUT2D eigenvalue weighted by molar-refractivity contribution is 0.0518. The second kappa shape index (κ2) is 10.9. The standard InChI is InChI=1S/C30H34O4.C2H6/c1-7-33-27(31)20-11-9-19(10-12-20)21-15-22-17-25-26(30(5,6)14-13-29(25,3)4)18-23(22)24(16-21)28(32)34-8-2;1-2/h9-12,15-18H,7-8,13-14H2,1-6H3;1-2H3. The Balaban J connectivity index is 0.00000176. The van der Waals surface area contributed by atoms with Crippen LogP contribution in [0.3, 0.4) is 0 Å². The average molecular weight is 489 g/mol. The topological polar surface area (TPSA) is 52.6 Å². The first-order valence-corrected chi connectivity index (χ1v) is 13.1. The number of hydrogen-bond donors (Lipinski definition) is 0. The van der Waals surface area contributed by atoms with Crippen LogP contribution >= 0.6 is 0 Å². The molecule has 3 aromatic carbocycles. The van der Waals surface area contributed by atoms with E-state index in [0.29, 0.717) is 24.3 Å². The largest absolute Gasteiger partial charge is 0.462 e. The second-order valence-corrected chi connectivity index (χ2v) is 10.4. The maximum atomic E-state index is 13.0. The summed E-state index contributed by atoms with van der Waals surface area (Å²) in [7, 11) is 0. The van der Waals surface area contributed by atoms with Crippen molar-refractivity contribution in [2.75, 3.05) is 13.2 Å². The van der Waals surface area contributed by atoms with Gasteiger partial charge in [0.15, 0.2) is 0 Å². The Morgan fingerprint density at radius 3 is 1.81 bits per heavy atom. The van der Waals surface area contributed by atoms with Gasteiger partial charge in [0.2, 0.25) is 0 Å². The minimum Gasteiger partial charge on any atom is -0.462 e. The van der Waals surface area contributed by atoms with Crippen molar-refractivity contribution < 1.29 is 19.1 Å². The van der Waals surface area contributed by atoms with Gasteiger partial charge in [0.1, 0.15) is 0 Å². The van der Waals surface area contributed by atoms with Crippen LogP contribution in [-0.2, 0) is 20.3 Å². The molecule has 36 heavy (non-hydrogen) atoms. The Morgan fingerprint density at radius 1 is 0.722 bits per heavy atom. The molecule has 0 aromatic heterocycles. The van der Waals surface area contributed by atoms with Crippen molar-refractivity contribution in [1.82, 2.24) is 0 Å². The molecule has 0 fully saturated rings. The molecule has 1 aliphatic carbocycles. The molecule has 0 radical (unpaired) electrons. The van der Waals surface area contributed by atoms with Gasteiger partial charge in [-0.1, -0.05) is 59.7 Å². The van der Waals surface area contributed by atoms with Crippen LogP contribution in [0.4, 0.5) is 0 Å². The molecule has 0 saturated carbocycles. The molecule has 0 heterocycles. The SMILES string of the molecule is CC.CCOC(=O)c1ccc(-c2cc(C(=O)OCC)c3cc4c(cc3c2)C(C)(C)CCC4(C)C)cc1. The number of benzene rings is 3. The highest BCUT2D eigenvalue weighted by Gasteiger charge is 2.37. The third kappa shape index (κ3) is 5.33. The van der Waals surface area contributed by atoms with E-state index >= 15 is 0 Å². The molecule has 0 aliphatic heterocycles. The zero-order valence-corrected chi connectivity index (χ0v) is 23.1. The van der Waals surface area contributed by atoms with Crippen LogP contribution in [0, 0.1) is 0 Å². The number of esters is 2. The predicted molar refractivity (Wildman–Crippen MR) is 148 cm³/mol. The molecule has 0 spiro atoms. The van der Waals surface area contributed by atoms with Crippen molar-refractivity contribution in [2.24, 2.45) is 0 Å². The summed E-state index contributed by atoms with van der Waals surface area (Å²) in [4.78, 5) is 25.1. The minimum atomic E-state index is -0.337. The molecule has 0 saturated heterocycles. The fourth-order valence-corrected chi connectivity index (χ4v) is 4.98. The molecule has 3 aromatic rings. The first-order chi connectivity index (χ1) is 17.1. The van der Waals surface area contributed by atoms with Crippen LogP contribution in [0.2, 0.25) is 0 Å². The van der Waals surface area contributed by atoms with Gasteiger partial charge in [-0.15, -0.1) is 0 Å². The molecule has 192 valence electrons. The maximum Gasteiger partial charge on any atom is 0.338 e. The normalized spacial score (nSPS) is 15.3. The van der Waals surface area contributed by atoms with Crippen molar-refractivity contribution in [3.63, 3.8) is 0 Å². The third-order valence-electron chi connectivity index (χ3n) is 7.15. The minimum absolute atomic E-state index is 0.0482. The Morgan fingerprint density at radius 2 is 1.25 bits per heavy atom. The third-order valence-corrected chi connectivity index (χ3v) is 7.15. The van der Waals surface area contributed by atoms with Gasteiger partial charge in [-0.05, 0) is 101 Å². The maximum absolute atomic E-state index is 13.0. The van der Waals surface area contributed by atoms with Gasteiger partial charge in [-0.2, -0.15) is 0 Å². The van der Waals surface area contributed by atoms with Crippen LogP contribution in [0.25, 0.3) is 21.9 Å². The first kappa shape index (κ1) is 27.4. The van der Waals surface area contributed by atoms with Crippen molar-refractivity contribution in [1.29, 1.82) is 0 Å². The highest BCUT2D eigenvalue weighted by molar-refractivity contribution is 6.07. The average Bonchev–Trinajstić information content (AvgIpc) is 2.87. The zero-order chi connectivity index (χ0) is 26.7. The molecule has 4 heteroatoms. The van der Waals surface area contributed by atoms with E-state index in [-0.39, 0.29) is 22.8 Å². The van der Waals surface area contributed by atoms with Gasteiger partial charge in [0.05, 0.1) is 24.3 Å². The summed E-state index contributed by atoms with van der Waals surface area (Å²) < 4.78 is 10.5. The molecule has 1 aliphatic rings. The molecule has 4 nitrogen and oxygen atoms in total. The van der Waals surface area contributed by atoms with Crippen LogP contribution < -0.4 is 0 Å². The van der Waals surface area contributed by atoms with E-state index in [1.807, 2.05) is 39.0 Å². The molecule has 4 rings (SSSR count). The lowest BCUT2D eigenvalue weighted by Gasteiger charge is -2.42. The van der Waals surface area contributed by atoms with E-state index in [2.05, 4.69) is 45.9 Å². The van der Waals surface area contributed by atoms with Gasteiger partial charge >= 0.3 is 11.9 Å². The molecule has 0 N–H and O–H groups in total. The van der Waals surface area contributed by atoms with Gasteiger partial charge in [-0.25, -0.2) is 9.59 Å². The smallest absolute Gasteiger partial charge is 0.338 e. The van der Waals surface area contributed by atoms with E-state index < -0.39 is 0 Å². The summed E-state index contributed by atoms with van der Waals surface area (Å²) in [5.41, 5.74) is 5.71. The van der Waals surface area contributed by atoms with Crippen LogP contribution in [0.5, 0.6) is 0 Å². The Hall–Kier alpha value is -3.14. The predicted octanol–water partition coefficient (Wildman–Crippen LogP) is 8.24. The summed E-state index contributed by atoms with van der Waals surface area (Å²) in [6.45, 7) is 17.5. The highest BCUT2D eigenvalue weighted by Crippen LogP contribution is 2.47. The Labute approximate surface area is 216 Å². The van der Waals surface area contributed by atoms with Gasteiger partial charge in [0.25, 0.3) is 0 Å². The molecular formula is C32H40O4. The van der Waals surface area contributed by atoms with Crippen molar-refractivity contribution in [3.8, 4) is 11.1 Å². The van der Waals surface area contributed by atoms with Crippen molar-refractivity contribution in [3.05, 3.63) is 70.8 Å². The number of hydrogen-bond acceptors (Lipinski definition) is 4. The van der Waals surface area contributed by atoms with Crippen LogP contribution in [0.15, 0.2) is 48.5 Å². The summed E-state index contributed by atoms with van der Waals surface area (Å²) in [5.74, 6) is -0.651. The molecule has 0 amide bonds. The van der Waals surface area contributed by atoms with Gasteiger partial charge in [-0.3, -0.25) is 0 Å². The van der Waals surface area contributed by atoms with Crippen molar-refractivity contribution >= 4 is 22.7 Å². The second-order valence-electron chi connectivity index (χ2n) is 10.4. The van der Waals surface area contributed by atoms with Crippen molar-refractivity contribution in [2.45, 2.75) is 79.1 Å². The molecule has 0 atom stereocenters. The first-order valence-electron chi connectivity index (χ1n) is 13.1. The fourth-order valence-electron chi connectivity index (χ4n) is 4.98.